The van der Waals surface area contributed by atoms with Gasteiger partial charge >= 0.3 is 6.09 Å². The number of rotatable bonds is 5. The fourth-order valence-corrected chi connectivity index (χ4v) is 2.88. The second-order valence-corrected chi connectivity index (χ2v) is 7.09. The third kappa shape index (κ3) is 5.75. The van der Waals surface area contributed by atoms with Crippen LogP contribution in [0.15, 0.2) is 24.3 Å². The smallest absolute Gasteiger partial charge is 0.407 e. The van der Waals surface area contributed by atoms with Gasteiger partial charge in [-0.15, -0.1) is 0 Å². The fourth-order valence-electron chi connectivity index (χ4n) is 2.88. The molecule has 0 spiro atoms. The summed E-state index contributed by atoms with van der Waals surface area (Å²) in [4.78, 5) is 11.8. The summed E-state index contributed by atoms with van der Waals surface area (Å²) in [6, 6.07) is 8.69. The Morgan fingerprint density at radius 3 is 2.61 bits per heavy atom. The van der Waals surface area contributed by atoms with E-state index >= 15 is 0 Å². The van der Waals surface area contributed by atoms with E-state index in [0.29, 0.717) is 12.6 Å². The maximum atomic E-state index is 11.8. The quantitative estimate of drug-likeness (QED) is 0.868. The first kappa shape index (κ1) is 17.6. The predicted octanol–water partition coefficient (Wildman–Crippen LogP) is 3.69. The first-order valence-corrected chi connectivity index (χ1v) is 8.20. The van der Waals surface area contributed by atoms with Crippen molar-refractivity contribution in [3.8, 4) is 0 Å². The summed E-state index contributed by atoms with van der Waals surface area (Å²) in [5.74, 6) is 0. The lowest BCUT2D eigenvalue weighted by Crippen LogP contribution is -2.38. The third-order valence-corrected chi connectivity index (χ3v) is 3.83. The molecule has 1 amide bonds. The fraction of sp³-hybridized carbons (Fsp3) is 0.611. The maximum absolute atomic E-state index is 11.8. The molecule has 2 unspecified atom stereocenters. The van der Waals surface area contributed by atoms with Gasteiger partial charge in [-0.2, -0.15) is 0 Å². The topological polar surface area (TPSA) is 59.6 Å². The molecule has 1 saturated carbocycles. The van der Waals surface area contributed by atoms with Gasteiger partial charge in [0.05, 0.1) is 6.61 Å². The molecule has 1 aromatic rings. The summed E-state index contributed by atoms with van der Waals surface area (Å²) in [6.07, 6.45) is 2.56. The van der Waals surface area contributed by atoms with Crippen LogP contribution in [-0.2, 0) is 16.1 Å². The molecule has 1 aliphatic carbocycles. The largest absolute Gasteiger partial charge is 0.444 e. The lowest BCUT2D eigenvalue weighted by atomic mass is 10.1. The van der Waals surface area contributed by atoms with Crippen LogP contribution in [0.4, 0.5) is 10.5 Å². The number of benzene rings is 1. The minimum atomic E-state index is -0.459. The highest BCUT2D eigenvalue weighted by molar-refractivity contribution is 5.68. The number of anilines is 1. The van der Waals surface area contributed by atoms with E-state index in [9.17, 15) is 4.79 Å². The molecule has 0 saturated heterocycles. The molecule has 1 aliphatic rings. The van der Waals surface area contributed by atoms with Gasteiger partial charge < -0.3 is 20.1 Å². The summed E-state index contributed by atoms with van der Waals surface area (Å²) in [7, 11) is 1.70. The van der Waals surface area contributed by atoms with Gasteiger partial charge in [0.15, 0.2) is 0 Å². The molecule has 2 atom stereocenters. The minimum Gasteiger partial charge on any atom is -0.444 e. The van der Waals surface area contributed by atoms with Crippen molar-refractivity contribution < 1.29 is 14.3 Å². The zero-order valence-electron chi connectivity index (χ0n) is 14.5. The molecule has 0 bridgehead atoms. The number of alkyl carbamates (subject to hydrolysis) is 1. The van der Waals surface area contributed by atoms with Gasteiger partial charge in [-0.1, -0.05) is 18.2 Å². The first-order valence-electron chi connectivity index (χ1n) is 8.20. The highest BCUT2D eigenvalue weighted by Gasteiger charge is 2.27. The first-order chi connectivity index (χ1) is 10.9. The van der Waals surface area contributed by atoms with Gasteiger partial charge in [0.2, 0.25) is 0 Å². The van der Waals surface area contributed by atoms with E-state index in [-0.39, 0.29) is 12.1 Å². The van der Waals surface area contributed by atoms with E-state index < -0.39 is 5.60 Å². The van der Waals surface area contributed by atoms with Crippen LogP contribution in [0.2, 0.25) is 0 Å². The molecule has 0 radical (unpaired) electrons. The molecular weight excluding hydrogens is 292 g/mol. The number of para-hydroxylation sites is 1. The average molecular weight is 320 g/mol. The van der Waals surface area contributed by atoms with E-state index in [1.54, 1.807) is 7.11 Å². The number of hydrogen-bond donors (Lipinski definition) is 2. The molecule has 128 valence electrons. The van der Waals surface area contributed by atoms with E-state index in [4.69, 9.17) is 9.47 Å². The Hall–Kier alpha value is -1.75. The Labute approximate surface area is 138 Å². The Kier molecular flexibility index (Phi) is 5.88. The van der Waals surface area contributed by atoms with Gasteiger partial charge in [0.25, 0.3) is 0 Å². The number of nitrogens with one attached hydrogen (secondary N) is 2. The normalized spacial score (nSPS) is 21.0. The van der Waals surface area contributed by atoms with Crippen LogP contribution >= 0.6 is 0 Å². The highest BCUT2D eigenvalue weighted by Crippen LogP contribution is 2.25. The van der Waals surface area contributed by atoms with Crippen molar-refractivity contribution in [1.29, 1.82) is 0 Å². The average Bonchev–Trinajstić information content (AvgIpc) is 2.86. The summed E-state index contributed by atoms with van der Waals surface area (Å²) < 4.78 is 10.6. The van der Waals surface area contributed by atoms with Crippen molar-refractivity contribution in [1.82, 2.24) is 5.32 Å². The summed E-state index contributed by atoms with van der Waals surface area (Å²) in [5, 5.41) is 6.54. The zero-order chi connectivity index (χ0) is 16.9. The molecule has 1 fully saturated rings. The van der Waals surface area contributed by atoms with E-state index in [1.807, 2.05) is 32.9 Å². The van der Waals surface area contributed by atoms with Gasteiger partial charge in [-0.3, -0.25) is 0 Å². The number of amides is 1. The van der Waals surface area contributed by atoms with Crippen LogP contribution in [0.5, 0.6) is 0 Å². The number of carbonyl (C=O) groups excluding carboxylic acids is 1. The number of ether oxygens (including phenoxy) is 2. The molecule has 0 heterocycles. The molecule has 2 rings (SSSR count). The van der Waals surface area contributed by atoms with Crippen LogP contribution < -0.4 is 10.6 Å². The minimum absolute atomic E-state index is 0.164. The van der Waals surface area contributed by atoms with Gasteiger partial charge in [-0.25, -0.2) is 4.79 Å². The molecular formula is C18H28N2O3. The monoisotopic (exact) mass is 320 g/mol. The van der Waals surface area contributed by atoms with Crippen molar-refractivity contribution in [2.45, 2.75) is 64.3 Å². The van der Waals surface area contributed by atoms with Crippen LogP contribution in [0.3, 0.4) is 0 Å². The number of carbonyl (C=O) groups is 1. The van der Waals surface area contributed by atoms with Crippen molar-refractivity contribution in [2.24, 2.45) is 0 Å². The van der Waals surface area contributed by atoms with Crippen LogP contribution in [0.1, 0.15) is 45.6 Å². The maximum Gasteiger partial charge on any atom is 0.407 e. The summed E-state index contributed by atoms with van der Waals surface area (Å²) >= 11 is 0. The second-order valence-electron chi connectivity index (χ2n) is 7.09. The van der Waals surface area contributed by atoms with E-state index in [0.717, 1.165) is 30.5 Å². The van der Waals surface area contributed by atoms with Crippen molar-refractivity contribution in [3.05, 3.63) is 29.8 Å². The number of methoxy groups -OCH3 is 1. The highest BCUT2D eigenvalue weighted by atomic mass is 16.6. The standard InChI is InChI=1S/C18H28N2O3/c1-18(2,3)23-17(21)20-15-10-9-14(11-15)19-16-8-6-5-7-13(16)12-22-4/h5-8,14-15,19H,9-12H2,1-4H3,(H,20,21). The number of hydrogen-bond acceptors (Lipinski definition) is 4. The van der Waals surface area contributed by atoms with E-state index in [2.05, 4.69) is 22.8 Å². The Bertz CT molecular complexity index is 525. The molecule has 2 N–H and O–H groups in total. The molecule has 5 heteroatoms. The molecule has 0 aromatic heterocycles. The molecule has 1 aromatic carbocycles. The van der Waals surface area contributed by atoms with Crippen LogP contribution in [0, 0.1) is 0 Å². The Balaban J connectivity index is 1.85. The molecule has 5 nitrogen and oxygen atoms in total. The second kappa shape index (κ2) is 7.68. The molecule has 0 aliphatic heterocycles. The Morgan fingerprint density at radius 1 is 1.22 bits per heavy atom. The predicted molar refractivity (Wildman–Crippen MR) is 91.6 cm³/mol. The summed E-state index contributed by atoms with van der Waals surface area (Å²) in [5.41, 5.74) is 1.80. The van der Waals surface area contributed by atoms with E-state index in [1.165, 1.54) is 0 Å². The zero-order valence-corrected chi connectivity index (χ0v) is 14.5. The van der Waals surface area contributed by atoms with Crippen molar-refractivity contribution in [2.75, 3.05) is 12.4 Å². The van der Waals surface area contributed by atoms with Gasteiger partial charge in [0, 0.05) is 30.4 Å². The lowest BCUT2D eigenvalue weighted by molar-refractivity contribution is 0.0505. The molecule has 23 heavy (non-hydrogen) atoms. The summed E-state index contributed by atoms with van der Waals surface area (Å²) in [6.45, 7) is 6.21. The van der Waals surface area contributed by atoms with Gasteiger partial charge in [-0.05, 0) is 46.1 Å². The lowest BCUT2D eigenvalue weighted by Gasteiger charge is -2.22. The Morgan fingerprint density at radius 2 is 1.91 bits per heavy atom. The van der Waals surface area contributed by atoms with Crippen LogP contribution in [0.25, 0.3) is 0 Å². The van der Waals surface area contributed by atoms with Crippen molar-refractivity contribution in [3.63, 3.8) is 0 Å². The van der Waals surface area contributed by atoms with Gasteiger partial charge in [0.1, 0.15) is 5.60 Å². The third-order valence-electron chi connectivity index (χ3n) is 3.83. The van der Waals surface area contributed by atoms with Crippen molar-refractivity contribution >= 4 is 11.8 Å². The SMILES string of the molecule is COCc1ccccc1NC1CCC(NC(=O)OC(C)(C)C)C1. The van der Waals surface area contributed by atoms with Crippen LogP contribution in [-0.4, -0.2) is 30.9 Å².